The number of halogens is 1. The number of nitrogens with zero attached hydrogens (tertiary/aromatic N) is 2. The molecule has 1 aliphatic rings. The van der Waals surface area contributed by atoms with Gasteiger partial charge >= 0.3 is 6.09 Å². The Kier molecular flexibility index (Phi) is 6.83. The van der Waals surface area contributed by atoms with Crippen LogP contribution in [0.5, 0.6) is 0 Å². The summed E-state index contributed by atoms with van der Waals surface area (Å²) in [5.74, 6) is 0.474. The van der Waals surface area contributed by atoms with Gasteiger partial charge in [-0.05, 0) is 40.2 Å². The lowest BCUT2D eigenvalue weighted by Crippen LogP contribution is -2.44. The lowest BCUT2D eigenvalue weighted by atomic mass is 10.2. The van der Waals surface area contributed by atoms with Crippen molar-refractivity contribution in [2.75, 3.05) is 19.6 Å². The third-order valence-electron chi connectivity index (χ3n) is 3.90. The van der Waals surface area contributed by atoms with Crippen LogP contribution >= 0.6 is 0 Å². The van der Waals surface area contributed by atoms with Crippen molar-refractivity contribution in [1.29, 1.82) is 0 Å². The highest BCUT2D eigenvalue weighted by Crippen LogP contribution is 2.13. The minimum atomic E-state index is -0.515. The number of likely N-dealkylation sites (tertiary alicyclic amines) is 1. The first kappa shape index (κ1) is 20.0. The number of benzene rings is 1. The summed E-state index contributed by atoms with van der Waals surface area (Å²) in [4.78, 5) is 18.5. The fourth-order valence-corrected chi connectivity index (χ4v) is 2.76. The Labute approximate surface area is 154 Å². The van der Waals surface area contributed by atoms with Crippen LogP contribution < -0.4 is 10.6 Å². The van der Waals surface area contributed by atoms with Gasteiger partial charge < -0.3 is 20.3 Å². The van der Waals surface area contributed by atoms with Gasteiger partial charge in [0, 0.05) is 25.2 Å². The van der Waals surface area contributed by atoms with Crippen molar-refractivity contribution in [1.82, 2.24) is 15.5 Å². The number of carbonyl (C=O) groups is 1. The second-order valence-electron chi connectivity index (χ2n) is 7.34. The number of aliphatic imine (C=N–C) groups is 1. The minimum absolute atomic E-state index is 0.00201. The molecule has 1 saturated heterocycles. The Hall–Kier alpha value is -2.31. The number of hydrogen-bond acceptors (Lipinski definition) is 3. The maximum Gasteiger partial charge on any atom is 0.407 e. The molecule has 0 radical (unpaired) electrons. The van der Waals surface area contributed by atoms with Crippen LogP contribution in [-0.2, 0) is 11.3 Å². The van der Waals surface area contributed by atoms with Gasteiger partial charge in [-0.15, -0.1) is 0 Å². The number of rotatable bonds is 4. The van der Waals surface area contributed by atoms with Crippen LogP contribution in [-0.4, -0.2) is 48.2 Å². The van der Waals surface area contributed by atoms with Gasteiger partial charge in [-0.25, -0.2) is 14.2 Å². The molecule has 2 N–H and O–H groups in total. The van der Waals surface area contributed by atoms with Crippen molar-refractivity contribution >= 4 is 12.1 Å². The van der Waals surface area contributed by atoms with E-state index in [0.29, 0.717) is 12.1 Å². The summed E-state index contributed by atoms with van der Waals surface area (Å²) in [7, 11) is 0. The molecule has 0 saturated carbocycles. The Morgan fingerprint density at radius 2 is 2.12 bits per heavy atom. The molecule has 1 amide bonds. The van der Waals surface area contributed by atoms with E-state index >= 15 is 0 Å². The fraction of sp³-hybridized carbons (Fsp3) is 0.579. The van der Waals surface area contributed by atoms with Crippen molar-refractivity contribution in [2.45, 2.75) is 52.3 Å². The zero-order valence-electron chi connectivity index (χ0n) is 16.0. The third kappa shape index (κ3) is 6.20. The number of guanidine groups is 1. The number of ether oxygens (including phenoxy) is 1. The molecule has 0 bridgehead atoms. The van der Waals surface area contributed by atoms with E-state index in [9.17, 15) is 9.18 Å². The van der Waals surface area contributed by atoms with E-state index in [1.165, 1.54) is 6.07 Å². The van der Waals surface area contributed by atoms with Crippen LogP contribution in [0, 0.1) is 5.82 Å². The number of nitrogens with one attached hydrogen (secondary N) is 2. The summed E-state index contributed by atoms with van der Waals surface area (Å²) in [6.45, 7) is 9.91. The van der Waals surface area contributed by atoms with Crippen molar-refractivity contribution in [3.8, 4) is 0 Å². The van der Waals surface area contributed by atoms with Crippen LogP contribution in [0.25, 0.3) is 0 Å². The highest BCUT2D eigenvalue weighted by Gasteiger charge is 2.27. The Bertz CT molecular complexity index is 643. The van der Waals surface area contributed by atoms with Crippen LogP contribution in [0.3, 0.4) is 0 Å². The second kappa shape index (κ2) is 8.87. The van der Waals surface area contributed by atoms with E-state index in [1.54, 1.807) is 18.2 Å². The zero-order valence-corrected chi connectivity index (χ0v) is 16.0. The number of hydrogen-bond donors (Lipinski definition) is 2. The van der Waals surface area contributed by atoms with Crippen molar-refractivity contribution in [3.05, 3.63) is 35.6 Å². The third-order valence-corrected chi connectivity index (χ3v) is 3.90. The Balaban J connectivity index is 1.95. The molecule has 0 spiro atoms. The van der Waals surface area contributed by atoms with Crippen molar-refractivity contribution in [2.24, 2.45) is 4.99 Å². The predicted molar refractivity (Wildman–Crippen MR) is 101 cm³/mol. The molecular weight excluding hydrogens is 335 g/mol. The molecule has 6 nitrogen and oxygen atoms in total. The lowest BCUT2D eigenvalue weighted by molar-refractivity contribution is 0.0507. The summed E-state index contributed by atoms with van der Waals surface area (Å²) >= 11 is 0. The number of carbonyl (C=O) groups excluding carboxylic acids is 1. The minimum Gasteiger partial charge on any atom is -0.444 e. The summed E-state index contributed by atoms with van der Waals surface area (Å²) in [6.07, 6.45) is 0.404. The molecule has 144 valence electrons. The summed E-state index contributed by atoms with van der Waals surface area (Å²) < 4.78 is 19.1. The maximum absolute atomic E-state index is 13.8. The molecule has 1 aromatic rings. The van der Waals surface area contributed by atoms with Crippen LogP contribution in [0.15, 0.2) is 29.3 Å². The van der Waals surface area contributed by atoms with E-state index in [-0.39, 0.29) is 18.4 Å². The molecular formula is C19H29FN4O2. The second-order valence-corrected chi connectivity index (χ2v) is 7.34. The topological polar surface area (TPSA) is 66.0 Å². The molecule has 1 aromatic carbocycles. The predicted octanol–water partition coefficient (Wildman–Crippen LogP) is 2.89. The molecule has 26 heavy (non-hydrogen) atoms. The molecule has 1 atom stereocenters. The van der Waals surface area contributed by atoms with Gasteiger partial charge in [0.1, 0.15) is 11.4 Å². The largest absolute Gasteiger partial charge is 0.444 e. The SMILES string of the molecule is CCNC(=NCc1ccccc1F)N1CCC(NC(=O)OC(C)(C)C)C1. The number of alkyl carbamates (subject to hydrolysis) is 1. The number of amides is 1. The van der Waals surface area contributed by atoms with Gasteiger partial charge in [0.25, 0.3) is 0 Å². The monoisotopic (exact) mass is 364 g/mol. The van der Waals surface area contributed by atoms with Crippen molar-refractivity contribution < 1.29 is 13.9 Å². The van der Waals surface area contributed by atoms with Gasteiger partial charge in [-0.1, -0.05) is 18.2 Å². The molecule has 1 fully saturated rings. The highest BCUT2D eigenvalue weighted by molar-refractivity contribution is 5.80. The van der Waals surface area contributed by atoms with E-state index in [1.807, 2.05) is 27.7 Å². The summed E-state index contributed by atoms with van der Waals surface area (Å²) in [6, 6.07) is 6.65. The molecule has 1 aliphatic heterocycles. The smallest absolute Gasteiger partial charge is 0.407 e. The molecule has 0 aromatic heterocycles. The van der Waals surface area contributed by atoms with Gasteiger partial charge in [-0.3, -0.25) is 0 Å². The van der Waals surface area contributed by atoms with Gasteiger partial charge in [0.2, 0.25) is 0 Å². The van der Waals surface area contributed by atoms with Crippen LogP contribution in [0.1, 0.15) is 39.7 Å². The fourth-order valence-electron chi connectivity index (χ4n) is 2.76. The van der Waals surface area contributed by atoms with E-state index in [4.69, 9.17) is 4.74 Å². The molecule has 0 aliphatic carbocycles. The molecule has 1 heterocycles. The van der Waals surface area contributed by atoms with E-state index in [2.05, 4.69) is 20.5 Å². The quantitative estimate of drug-likeness (QED) is 0.637. The lowest BCUT2D eigenvalue weighted by Gasteiger charge is -2.23. The first-order chi connectivity index (χ1) is 12.3. The van der Waals surface area contributed by atoms with Gasteiger partial charge in [0.15, 0.2) is 5.96 Å². The Morgan fingerprint density at radius 3 is 2.77 bits per heavy atom. The van der Waals surface area contributed by atoms with Gasteiger partial charge in [-0.2, -0.15) is 0 Å². The van der Waals surface area contributed by atoms with Crippen molar-refractivity contribution in [3.63, 3.8) is 0 Å². The zero-order chi connectivity index (χ0) is 19.2. The molecule has 7 heteroatoms. The molecule has 1 unspecified atom stereocenters. The van der Waals surface area contributed by atoms with E-state index < -0.39 is 11.7 Å². The van der Waals surface area contributed by atoms with E-state index in [0.717, 1.165) is 25.5 Å². The first-order valence-corrected chi connectivity index (χ1v) is 9.04. The summed E-state index contributed by atoms with van der Waals surface area (Å²) in [5, 5.41) is 6.14. The average Bonchev–Trinajstić information content (AvgIpc) is 2.99. The van der Waals surface area contributed by atoms with Gasteiger partial charge in [0.05, 0.1) is 12.6 Å². The van der Waals surface area contributed by atoms with Crippen LogP contribution in [0.4, 0.5) is 9.18 Å². The first-order valence-electron chi connectivity index (χ1n) is 9.04. The standard InChI is InChI=1S/C19H29FN4O2/c1-5-21-17(22-12-14-8-6-7-9-16(14)20)24-11-10-15(13-24)23-18(25)26-19(2,3)4/h6-9,15H,5,10-13H2,1-4H3,(H,21,22)(H,23,25). The average molecular weight is 364 g/mol. The van der Waals surface area contributed by atoms with Crippen LogP contribution in [0.2, 0.25) is 0 Å². The maximum atomic E-state index is 13.8. The normalized spacial score (nSPS) is 18.0. The Morgan fingerprint density at radius 1 is 1.38 bits per heavy atom. The molecule has 2 rings (SSSR count). The summed E-state index contributed by atoms with van der Waals surface area (Å²) in [5.41, 5.74) is 0.0453. The highest BCUT2D eigenvalue weighted by atomic mass is 19.1.